The van der Waals surface area contributed by atoms with Gasteiger partial charge in [-0.25, -0.2) is 0 Å². The van der Waals surface area contributed by atoms with Crippen molar-refractivity contribution in [3.63, 3.8) is 0 Å². The van der Waals surface area contributed by atoms with E-state index in [-0.39, 0.29) is 0 Å². The van der Waals surface area contributed by atoms with Crippen LogP contribution in [-0.4, -0.2) is 10.2 Å². The van der Waals surface area contributed by atoms with Crippen molar-refractivity contribution in [2.75, 3.05) is 0 Å². The fraction of sp³-hybridized carbons (Fsp3) is 0.556. The summed E-state index contributed by atoms with van der Waals surface area (Å²) in [5, 5.41) is 7.88. The van der Waals surface area contributed by atoms with Crippen LogP contribution in [0.2, 0.25) is 0 Å². The zero-order valence-electron chi connectivity index (χ0n) is 7.21. The molecule has 0 saturated heterocycles. The van der Waals surface area contributed by atoms with E-state index in [2.05, 4.69) is 16.8 Å². The molecule has 1 aliphatic carbocycles. The Morgan fingerprint density at radius 1 is 1.50 bits per heavy atom. The average Bonchev–Trinajstić information content (AvgIpc) is 2.32. The molecule has 64 valence electrons. The van der Waals surface area contributed by atoms with E-state index in [1.54, 1.807) is 0 Å². The number of hydrogen-bond donors (Lipinski definition) is 0. The lowest BCUT2D eigenvalue weighted by atomic mass is 9.85. The summed E-state index contributed by atoms with van der Waals surface area (Å²) in [5.74, 6) is 1.89. The molecule has 1 fully saturated rings. The van der Waals surface area contributed by atoms with Crippen molar-refractivity contribution >= 4 is 5.57 Å². The topological polar surface area (TPSA) is 38.9 Å². The Hall–Kier alpha value is -1.12. The SMILES string of the molecule is C=C(C)c1nnc(C2CCC2)o1. The molecular weight excluding hydrogens is 152 g/mol. The van der Waals surface area contributed by atoms with Crippen LogP contribution in [-0.2, 0) is 0 Å². The average molecular weight is 164 g/mol. The Balaban J connectivity index is 2.17. The Labute approximate surface area is 71.5 Å². The van der Waals surface area contributed by atoms with Crippen LogP contribution in [0.1, 0.15) is 43.9 Å². The summed E-state index contributed by atoms with van der Waals surface area (Å²) in [7, 11) is 0. The van der Waals surface area contributed by atoms with Gasteiger partial charge in [-0.15, -0.1) is 10.2 Å². The van der Waals surface area contributed by atoms with Crippen molar-refractivity contribution in [3.8, 4) is 0 Å². The Morgan fingerprint density at radius 2 is 2.25 bits per heavy atom. The van der Waals surface area contributed by atoms with Crippen LogP contribution in [0.5, 0.6) is 0 Å². The van der Waals surface area contributed by atoms with Crippen LogP contribution in [0.15, 0.2) is 11.0 Å². The predicted octanol–water partition coefficient (Wildman–Crippen LogP) is 2.37. The summed E-state index contributed by atoms with van der Waals surface area (Å²) in [5.41, 5.74) is 0.841. The number of hydrogen-bond acceptors (Lipinski definition) is 3. The lowest BCUT2D eigenvalue weighted by molar-refractivity contribution is 0.332. The molecule has 1 aromatic rings. The van der Waals surface area contributed by atoms with E-state index in [4.69, 9.17) is 4.42 Å². The molecule has 1 aliphatic rings. The molecule has 0 amide bonds. The van der Waals surface area contributed by atoms with Gasteiger partial charge in [0.1, 0.15) is 0 Å². The third-order valence-electron chi connectivity index (χ3n) is 2.26. The first-order chi connectivity index (χ1) is 5.77. The van der Waals surface area contributed by atoms with Crippen LogP contribution in [0, 0.1) is 0 Å². The summed E-state index contributed by atoms with van der Waals surface area (Å²) in [6, 6.07) is 0. The first-order valence-electron chi connectivity index (χ1n) is 4.26. The summed E-state index contributed by atoms with van der Waals surface area (Å²) in [6.07, 6.45) is 3.67. The Morgan fingerprint density at radius 3 is 2.67 bits per heavy atom. The Bertz CT molecular complexity index is 299. The van der Waals surface area contributed by atoms with Gasteiger partial charge in [-0.05, 0) is 19.8 Å². The maximum absolute atomic E-state index is 5.43. The lowest BCUT2D eigenvalue weighted by Crippen LogP contribution is -2.08. The van der Waals surface area contributed by atoms with E-state index in [1.807, 2.05) is 6.92 Å². The van der Waals surface area contributed by atoms with Gasteiger partial charge in [0.05, 0.1) is 0 Å². The third kappa shape index (κ3) is 1.15. The summed E-state index contributed by atoms with van der Waals surface area (Å²) >= 11 is 0. The molecule has 3 nitrogen and oxygen atoms in total. The van der Waals surface area contributed by atoms with E-state index < -0.39 is 0 Å². The molecule has 2 rings (SSSR count). The van der Waals surface area contributed by atoms with E-state index in [1.165, 1.54) is 19.3 Å². The van der Waals surface area contributed by atoms with Gasteiger partial charge >= 0.3 is 0 Å². The minimum atomic E-state index is 0.519. The van der Waals surface area contributed by atoms with Gasteiger partial charge in [0.15, 0.2) is 0 Å². The van der Waals surface area contributed by atoms with E-state index in [0.717, 1.165) is 11.5 Å². The van der Waals surface area contributed by atoms with Crippen molar-refractivity contribution in [3.05, 3.63) is 18.4 Å². The highest BCUT2D eigenvalue weighted by atomic mass is 16.4. The van der Waals surface area contributed by atoms with Crippen molar-refractivity contribution in [1.82, 2.24) is 10.2 Å². The van der Waals surface area contributed by atoms with Gasteiger partial charge in [-0.1, -0.05) is 13.0 Å². The maximum atomic E-state index is 5.43. The molecule has 3 heteroatoms. The summed E-state index contributed by atoms with van der Waals surface area (Å²) in [6.45, 7) is 5.62. The van der Waals surface area contributed by atoms with E-state index >= 15 is 0 Å². The maximum Gasteiger partial charge on any atom is 0.242 e. The second kappa shape index (κ2) is 2.73. The van der Waals surface area contributed by atoms with Crippen molar-refractivity contribution in [2.45, 2.75) is 32.1 Å². The molecule has 0 radical (unpaired) electrons. The third-order valence-corrected chi connectivity index (χ3v) is 2.26. The second-order valence-corrected chi connectivity index (χ2v) is 3.35. The minimum absolute atomic E-state index is 0.519. The first-order valence-corrected chi connectivity index (χ1v) is 4.26. The molecule has 0 unspecified atom stereocenters. The van der Waals surface area contributed by atoms with Gasteiger partial charge in [0, 0.05) is 11.5 Å². The largest absolute Gasteiger partial charge is 0.421 e. The highest BCUT2D eigenvalue weighted by Gasteiger charge is 2.24. The normalized spacial score (nSPS) is 17.4. The van der Waals surface area contributed by atoms with Gasteiger partial charge in [-0.3, -0.25) is 0 Å². The minimum Gasteiger partial charge on any atom is -0.421 e. The van der Waals surface area contributed by atoms with E-state index in [9.17, 15) is 0 Å². The zero-order valence-corrected chi connectivity index (χ0v) is 7.21. The fourth-order valence-electron chi connectivity index (χ4n) is 1.23. The molecule has 0 N–H and O–H groups in total. The highest BCUT2D eigenvalue weighted by Crippen LogP contribution is 2.35. The van der Waals surface area contributed by atoms with Crippen molar-refractivity contribution in [1.29, 1.82) is 0 Å². The monoisotopic (exact) mass is 164 g/mol. The second-order valence-electron chi connectivity index (χ2n) is 3.35. The van der Waals surface area contributed by atoms with Gasteiger partial charge in [-0.2, -0.15) is 0 Å². The molecule has 12 heavy (non-hydrogen) atoms. The number of rotatable bonds is 2. The van der Waals surface area contributed by atoms with Crippen LogP contribution in [0.25, 0.3) is 5.57 Å². The molecule has 1 aromatic heterocycles. The molecule has 0 bridgehead atoms. The number of allylic oxidation sites excluding steroid dienone is 1. The molecular formula is C9H12N2O. The van der Waals surface area contributed by atoms with Crippen LogP contribution in [0.4, 0.5) is 0 Å². The number of aromatic nitrogens is 2. The molecule has 0 aromatic carbocycles. The highest BCUT2D eigenvalue weighted by molar-refractivity contribution is 5.51. The lowest BCUT2D eigenvalue weighted by Gasteiger charge is -2.20. The quantitative estimate of drug-likeness (QED) is 0.673. The zero-order chi connectivity index (χ0) is 8.55. The molecule has 1 saturated carbocycles. The van der Waals surface area contributed by atoms with Crippen molar-refractivity contribution < 1.29 is 4.42 Å². The van der Waals surface area contributed by atoms with Crippen molar-refractivity contribution in [2.24, 2.45) is 0 Å². The van der Waals surface area contributed by atoms with Crippen LogP contribution in [0.3, 0.4) is 0 Å². The molecule has 0 atom stereocenters. The molecule has 0 spiro atoms. The van der Waals surface area contributed by atoms with Gasteiger partial charge < -0.3 is 4.42 Å². The van der Waals surface area contributed by atoms with Gasteiger partial charge in [0.2, 0.25) is 11.8 Å². The van der Waals surface area contributed by atoms with Gasteiger partial charge in [0.25, 0.3) is 0 Å². The van der Waals surface area contributed by atoms with Crippen LogP contribution >= 0.6 is 0 Å². The molecule has 1 heterocycles. The standard InChI is InChI=1S/C9H12N2O/c1-6(2)8-10-11-9(12-8)7-4-3-5-7/h7H,1,3-5H2,2H3. The number of nitrogens with zero attached hydrogens (tertiary/aromatic N) is 2. The summed E-state index contributed by atoms with van der Waals surface area (Å²) < 4.78 is 5.43. The summed E-state index contributed by atoms with van der Waals surface area (Å²) in [4.78, 5) is 0. The fourth-order valence-corrected chi connectivity index (χ4v) is 1.23. The van der Waals surface area contributed by atoms with Crippen LogP contribution < -0.4 is 0 Å². The first kappa shape index (κ1) is 7.53. The Kier molecular flexibility index (Phi) is 1.71. The molecule has 0 aliphatic heterocycles. The van der Waals surface area contributed by atoms with E-state index in [0.29, 0.717) is 11.8 Å². The predicted molar refractivity (Wildman–Crippen MR) is 45.6 cm³/mol. The smallest absolute Gasteiger partial charge is 0.242 e.